The number of aryl methyl sites for hydroxylation is 1. The predicted molar refractivity (Wildman–Crippen MR) is 133 cm³/mol. The Labute approximate surface area is 211 Å². The van der Waals surface area contributed by atoms with Crippen LogP contribution < -0.4 is 16.2 Å². The van der Waals surface area contributed by atoms with Gasteiger partial charge in [0.1, 0.15) is 6.04 Å². The lowest BCUT2D eigenvalue weighted by Gasteiger charge is -2.27. The Bertz CT molecular complexity index is 1040. The first kappa shape index (κ1) is 26.9. The summed E-state index contributed by atoms with van der Waals surface area (Å²) in [5.74, 6) is -3.46. The highest BCUT2D eigenvalue weighted by Gasteiger charge is 2.42. The quantitative estimate of drug-likeness (QED) is 0.205. The molecule has 9 heteroatoms. The molecule has 0 saturated carbocycles. The van der Waals surface area contributed by atoms with Gasteiger partial charge in [-0.2, -0.15) is 5.01 Å². The molecule has 192 valence electrons. The molecule has 5 amide bonds. The van der Waals surface area contributed by atoms with E-state index in [1.807, 2.05) is 74.5 Å². The molecule has 1 fully saturated rings. The molecular formula is C27H34N4O5. The number of nitrogens with zero attached hydrogens (tertiary/aromatic N) is 1. The summed E-state index contributed by atoms with van der Waals surface area (Å²) in [6.45, 7) is 3.84. The summed E-state index contributed by atoms with van der Waals surface area (Å²) >= 11 is 0. The van der Waals surface area contributed by atoms with Gasteiger partial charge in [0.15, 0.2) is 0 Å². The number of rotatable bonds is 12. The standard InChI is InChI=1S/C27H34N4O5/c1-18(2)16-22(21(25(33)30-36)15-9-14-19-10-5-3-6-11-19)24(32)29-31-26(34)23(28-27(31)35)17-20-12-7-4-8-13-20/h3-8,10-13,18,21-23,36H,9,14-17H2,1-2H3,(H,28,35)(H,29,32)(H,30,33)/t21-,22+,23-/m0/s1. The van der Waals surface area contributed by atoms with Crippen LogP contribution in [0.3, 0.4) is 0 Å². The largest absolute Gasteiger partial charge is 0.344 e. The summed E-state index contributed by atoms with van der Waals surface area (Å²) in [5, 5.41) is 12.7. The van der Waals surface area contributed by atoms with Crippen molar-refractivity contribution in [3.8, 4) is 0 Å². The number of nitrogens with one attached hydrogen (secondary N) is 3. The monoisotopic (exact) mass is 494 g/mol. The van der Waals surface area contributed by atoms with Gasteiger partial charge in [-0.25, -0.2) is 10.3 Å². The highest BCUT2D eigenvalue weighted by atomic mass is 16.5. The molecule has 0 unspecified atom stereocenters. The van der Waals surface area contributed by atoms with E-state index in [-0.39, 0.29) is 5.92 Å². The number of carbonyl (C=O) groups excluding carboxylic acids is 4. The molecule has 9 nitrogen and oxygen atoms in total. The van der Waals surface area contributed by atoms with Crippen LogP contribution >= 0.6 is 0 Å². The topological polar surface area (TPSA) is 128 Å². The van der Waals surface area contributed by atoms with E-state index in [4.69, 9.17) is 0 Å². The van der Waals surface area contributed by atoms with Crippen molar-refractivity contribution in [3.05, 3.63) is 71.8 Å². The summed E-state index contributed by atoms with van der Waals surface area (Å²) in [4.78, 5) is 51.4. The van der Waals surface area contributed by atoms with Crippen molar-refractivity contribution in [1.82, 2.24) is 21.2 Å². The number of hydroxylamine groups is 1. The lowest BCUT2D eigenvalue weighted by molar-refractivity contribution is -0.144. The van der Waals surface area contributed by atoms with Gasteiger partial charge in [0, 0.05) is 6.42 Å². The minimum atomic E-state index is -0.846. The van der Waals surface area contributed by atoms with E-state index < -0.39 is 41.6 Å². The third-order valence-corrected chi connectivity index (χ3v) is 6.34. The first-order valence-corrected chi connectivity index (χ1v) is 12.3. The van der Waals surface area contributed by atoms with Crippen molar-refractivity contribution in [1.29, 1.82) is 0 Å². The van der Waals surface area contributed by atoms with Crippen LogP contribution in [0.15, 0.2) is 60.7 Å². The third kappa shape index (κ3) is 7.14. The molecule has 36 heavy (non-hydrogen) atoms. The maximum Gasteiger partial charge on any atom is 0.344 e. The number of imide groups is 1. The molecule has 4 N–H and O–H groups in total. The second kappa shape index (κ2) is 12.8. The maximum atomic E-state index is 13.3. The van der Waals surface area contributed by atoms with E-state index in [0.29, 0.717) is 37.1 Å². The van der Waals surface area contributed by atoms with E-state index in [2.05, 4.69) is 10.7 Å². The van der Waals surface area contributed by atoms with Crippen molar-refractivity contribution in [2.75, 3.05) is 0 Å². The molecule has 0 bridgehead atoms. The van der Waals surface area contributed by atoms with Gasteiger partial charge in [-0.1, -0.05) is 74.5 Å². The Hall–Kier alpha value is -3.72. The Morgan fingerprint density at radius 2 is 1.56 bits per heavy atom. The zero-order valence-electron chi connectivity index (χ0n) is 20.6. The van der Waals surface area contributed by atoms with E-state index >= 15 is 0 Å². The lowest BCUT2D eigenvalue weighted by atomic mass is 9.81. The molecule has 3 atom stereocenters. The van der Waals surface area contributed by atoms with Gasteiger partial charge in [-0.3, -0.25) is 25.0 Å². The summed E-state index contributed by atoms with van der Waals surface area (Å²) in [6.07, 6.45) is 2.31. The van der Waals surface area contributed by atoms with Crippen LogP contribution in [0.25, 0.3) is 0 Å². The Kier molecular flexibility index (Phi) is 9.58. The smallest absolute Gasteiger partial charge is 0.324 e. The summed E-state index contributed by atoms with van der Waals surface area (Å²) in [5.41, 5.74) is 6.11. The highest BCUT2D eigenvalue weighted by molar-refractivity contribution is 6.05. The summed E-state index contributed by atoms with van der Waals surface area (Å²) < 4.78 is 0. The van der Waals surface area contributed by atoms with Crippen LogP contribution in [0.1, 0.15) is 44.2 Å². The predicted octanol–water partition coefficient (Wildman–Crippen LogP) is 2.99. The molecule has 0 spiro atoms. The zero-order chi connectivity index (χ0) is 26.1. The molecule has 0 radical (unpaired) electrons. The van der Waals surface area contributed by atoms with Gasteiger partial charge in [0.2, 0.25) is 11.8 Å². The van der Waals surface area contributed by atoms with Gasteiger partial charge < -0.3 is 5.32 Å². The number of urea groups is 1. The molecule has 1 aliphatic rings. The van der Waals surface area contributed by atoms with Crippen LogP contribution in [0.5, 0.6) is 0 Å². The van der Waals surface area contributed by atoms with Crippen molar-refractivity contribution in [2.45, 2.75) is 52.0 Å². The molecule has 3 rings (SSSR count). The Morgan fingerprint density at radius 3 is 2.14 bits per heavy atom. The van der Waals surface area contributed by atoms with E-state index in [9.17, 15) is 24.4 Å². The second-order valence-electron chi connectivity index (χ2n) is 9.54. The van der Waals surface area contributed by atoms with Crippen molar-refractivity contribution >= 4 is 23.8 Å². The number of hydrazine groups is 1. The third-order valence-electron chi connectivity index (χ3n) is 6.34. The normalized spacial score (nSPS) is 17.0. The molecule has 1 aliphatic heterocycles. The molecule has 2 aromatic carbocycles. The summed E-state index contributed by atoms with van der Waals surface area (Å²) in [6, 6.07) is 17.5. The molecule has 1 saturated heterocycles. The van der Waals surface area contributed by atoms with Gasteiger partial charge >= 0.3 is 6.03 Å². The molecule has 2 aromatic rings. The van der Waals surface area contributed by atoms with Gasteiger partial charge in [-0.05, 0) is 42.7 Å². The van der Waals surface area contributed by atoms with Gasteiger partial charge in [0.05, 0.1) is 11.8 Å². The SMILES string of the molecule is CC(C)C[C@@H](C(=O)NN1C(=O)N[C@@H](Cc2ccccc2)C1=O)[C@H](CCCc1ccccc1)C(=O)NO. The second-order valence-corrected chi connectivity index (χ2v) is 9.54. The highest BCUT2D eigenvalue weighted by Crippen LogP contribution is 2.27. The first-order chi connectivity index (χ1) is 17.3. The van der Waals surface area contributed by atoms with Crippen LogP contribution in [0.4, 0.5) is 4.79 Å². The van der Waals surface area contributed by atoms with Crippen LogP contribution in [0, 0.1) is 17.8 Å². The van der Waals surface area contributed by atoms with Crippen LogP contribution in [0.2, 0.25) is 0 Å². The van der Waals surface area contributed by atoms with Gasteiger partial charge in [-0.15, -0.1) is 0 Å². The summed E-state index contributed by atoms with van der Waals surface area (Å²) in [7, 11) is 0. The number of hydrogen-bond donors (Lipinski definition) is 4. The van der Waals surface area contributed by atoms with Crippen molar-refractivity contribution in [3.63, 3.8) is 0 Å². The van der Waals surface area contributed by atoms with Gasteiger partial charge in [0.25, 0.3) is 5.91 Å². The Morgan fingerprint density at radius 1 is 0.944 bits per heavy atom. The first-order valence-electron chi connectivity index (χ1n) is 12.3. The minimum absolute atomic E-state index is 0.0535. The van der Waals surface area contributed by atoms with Crippen molar-refractivity contribution in [2.24, 2.45) is 17.8 Å². The molecular weight excluding hydrogens is 460 g/mol. The van der Waals surface area contributed by atoms with Crippen LogP contribution in [-0.2, 0) is 27.2 Å². The van der Waals surface area contributed by atoms with E-state index in [0.717, 1.165) is 11.1 Å². The molecule has 0 aromatic heterocycles. The lowest BCUT2D eigenvalue weighted by Crippen LogP contribution is -2.51. The average molecular weight is 495 g/mol. The van der Waals surface area contributed by atoms with E-state index in [1.165, 1.54) is 0 Å². The van der Waals surface area contributed by atoms with Crippen molar-refractivity contribution < 1.29 is 24.4 Å². The number of benzene rings is 2. The fourth-order valence-electron chi connectivity index (χ4n) is 4.55. The fraction of sp³-hybridized carbons (Fsp3) is 0.407. The number of hydrogen-bond acceptors (Lipinski definition) is 5. The molecule has 0 aliphatic carbocycles. The zero-order valence-corrected chi connectivity index (χ0v) is 20.6. The number of amides is 5. The average Bonchev–Trinajstić information content (AvgIpc) is 3.13. The van der Waals surface area contributed by atoms with E-state index in [1.54, 1.807) is 5.48 Å². The minimum Gasteiger partial charge on any atom is -0.324 e. The number of carbonyl (C=O) groups is 4. The molecule has 1 heterocycles. The maximum absolute atomic E-state index is 13.3. The van der Waals surface area contributed by atoms with Crippen LogP contribution in [-0.4, -0.2) is 40.0 Å². The Balaban J connectivity index is 1.70. The fourth-order valence-corrected chi connectivity index (χ4v) is 4.55.